The number of rotatable bonds is 6. The molecule has 1 atom stereocenters. The molecule has 1 heterocycles. The van der Waals surface area contributed by atoms with E-state index in [1.54, 1.807) is 18.3 Å². The Morgan fingerprint density at radius 2 is 2.04 bits per heavy atom. The van der Waals surface area contributed by atoms with E-state index >= 15 is 0 Å². The van der Waals surface area contributed by atoms with Gasteiger partial charge in [0, 0.05) is 23.8 Å². The molecule has 0 aliphatic heterocycles. The Morgan fingerprint density at radius 1 is 1.32 bits per heavy atom. The number of amides is 1. The van der Waals surface area contributed by atoms with Gasteiger partial charge in [0.05, 0.1) is 17.6 Å². The van der Waals surface area contributed by atoms with Gasteiger partial charge >= 0.3 is 0 Å². The van der Waals surface area contributed by atoms with E-state index in [9.17, 15) is 9.59 Å². The Bertz CT molecular complexity index is 845. The van der Waals surface area contributed by atoms with Crippen LogP contribution in [0.4, 0.5) is 0 Å². The maximum absolute atomic E-state index is 12.6. The van der Waals surface area contributed by atoms with E-state index in [4.69, 9.17) is 17.3 Å². The third-order valence-electron chi connectivity index (χ3n) is 4.85. The number of hydrogen-bond acceptors (Lipinski definition) is 3. The summed E-state index contributed by atoms with van der Waals surface area (Å²) in [4.78, 5) is 24.8. The quantitative estimate of drug-likeness (QED) is 0.831. The van der Waals surface area contributed by atoms with Crippen LogP contribution in [0.1, 0.15) is 35.7 Å². The molecule has 1 aliphatic carbocycles. The minimum absolute atomic E-state index is 0.180. The minimum atomic E-state index is -0.402. The maximum atomic E-state index is 12.6. The van der Waals surface area contributed by atoms with E-state index in [2.05, 4.69) is 5.32 Å². The van der Waals surface area contributed by atoms with Crippen LogP contribution < -0.4 is 16.6 Å². The normalized spacial score (nSPS) is 16.3. The van der Waals surface area contributed by atoms with Crippen LogP contribution >= 0.6 is 11.6 Å². The number of nitrogens with two attached hydrogens (primary N) is 1. The zero-order chi connectivity index (χ0) is 18.0. The first kappa shape index (κ1) is 17.7. The van der Waals surface area contributed by atoms with Gasteiger partial charge in [0.15, 0.2) is 0 Å². The number of carbonyl (C=O) groups excluding carboxylic acids is 1. The van der Waals surface area contributed by atoms with Gasteiger partial charge in [0.25, 0.3) is 11.5 Å². The molecule has 3 rings (SSSR count). The number of aromatic nitrogens is 1. The molecule has 2 aromatic rings. The average Bonchev–Trinajstić information content (AvgIpc) is 3.44. The van der Waals surface area contributed by atoms with Crippen LogP contribution in [-0.2, 0) is 6.54 Å². The summed E-state index contributed by atoms with van der Waals surface area (Å²) in [6.07, 6.45) is 3.74. The van der Waals surface area contributed by atoms with Crippen molar-refractivity contribution in [3.63, 3.8) is 0 Å². The number of halogens is 1. The minimum Gasteiger partial charge on any atom is -0.345 e. The van der Waals surface area contributed by atoms with Crippen molar-refractivity contribution in [2.45, 2.75) is 31.8 Å². The number of carbonyl (C=O) groups is 1. The number of benzene rings is 1. The highest BCUT2D eigenvalue weighted by atomic mass is 35.5. The molecule has 5 nitrogen and oxygen atoms in total. The van der Waals surface area contributed by atoms with Gasteiger partial charge in [-0.05, 0) is 43.4 Å². The number of hydrogen-bond donors (Lipinski definition) is 2. The predicted octanol–water partition coefficient (Wildman–Crippen LogP) is 2.41. The Labute approximate surface area is 151 Å². The summed E-state index contributed by atoms with van der Waals surface area (Å²) in [7, 11) is 0. The van der Waals surface area contributed by atoms with Crippen molar-refractivity contribution < 1.29 is 4.79 Å². The van der Waals surface area contributed by atoms with Gasteiger partial charge < -0.3 is 15.6 Å². The first-order chi connectivity index (χ1) is 11.9. The van der Waals surface area contributed by atoms with Crippen LogP contribution in [0, 0.1) is 5.92 Å². The first-order valence-corrected chi connectivity index (χ1v) is 8.77. The Kier molecular flexibility index (Phi) is 4.97. The van der Waals surface area contributed by atoms with Crippen LogP contribution in [-0.4, -0.2) is 22.6 Å². The Morgan fingerprint density at radius 3 is 2.68 bits per heavy atom. The average molecular weight is 360 g/mol. The number of pyridine rings is 1. The molecule has 1 aromatic carbocycles. The molecule has 1 amide bonds. The lowest BCUT2D eigenvalue weighted by molar-refractivity contribution is 0.0897. The molecule has 1 saturated carbocycles. The summed E-state index contributed by atoms with van der Waals surface area (Å²) in [6, 6.07) is 10.3. The van der Waals surface area contributed by atoms with Gasteiger partial charge in [-0.3, -0.25) is 9.59 Å². The first-order valence-electron chi connectivity index (χ1n) is 8.39. The van der Waals surface area contributed by atoms with Crippen molar-refractivity contribution in [2.75, 3.05) is 6.54 Å². The maximum Gasteiger partial charge on any atom is 0.253 e. The molecule has 132 valence electrons. The molecule has 0 spiro atoms. The lowest BCUT2D eigenvalue weighted by Crippen LogP contribution is -2.53. The smallest absolute Gasteiger partial charge is 0.253 e. The van der Waals surface area contributed by atoms with Gasteiger partial charge in [-0.15, -0.1) is 0 Å². The van der Waals surface area contributed by atoms with Crippen LogP contribution in [0.15, 0.2) is 47.4 Å². The molecule has 1 unspecified atom stereocenters. The van der Waals surface area contributed by atoms with Gasteiger partial charge in [0.2, 0.25) is 0 Å². The summed E-state index contributed by atoms with van der Waals surface area (Å²) in [5.74, 6) is 0.211. The van der Waals surface area contributed by atoms with Gasteiger partial charge in [-0.1, -0.05) is 29.8 Å². The van der Waals surface area contributed by atoms with Crippen LogP contribution in [0.25, 0.3) is 0 Å². The second-order valence-corrected chi connectivity index (χ2v) is 7.23. The van der Waals surface area contributed by atoms with Gasteiger partial charge in [-0.25, -0.2) is 0 Å². The zero-order valence-corrected chi connectivity index (χ0v) is 14.9. The van der Waals surface area contributed by atoms with E-state index in [1.807, 2.05) is 25.1 Å². The van der Waals surface area contributed by atoms with Gasteiger partial charge in [-0.2, -0.15) is 0 Å². The summed E-state index contributed by atoms with van der Waals surface area (Å²) < 4.78 is 1.49. The van der Waals surface area contributed by atoms with E-state index < -0.39 is 5.54 Å². The molecule has 1 fully saturated rings. The molecule has 0 bridgehead atoms. The molecule has 0 saturated heterocycles. The molecule has 1 aliphatic rings. The molecule has 25 heavy (non-hydrogen) atoms. The second-order valence-electron chi connectivity index (χ2n) is 6.83. The summed E-state index contributed by atoms with van der Waals surface area (Å²) in [5, 5.41) is 3.63. The molecular weight excluding hydrogens is 338 g/mol. The SMILES string of the molecule is CC(CN)(NC(=O)c1ccc(=O)n(Cc2ccccc2Cl)c1)C1CC1. The highest BCUT2D eigenvalue weighted by Crippen LogP contribution is 2.39. The van der Waals surface area contributed by atoms with E-state index in [0.717, 1.165) is 18.4 Å². The summed E-state index contributed by atoms with van der Waals surface area (Å²) in [5.41, 5.74) is 6.54. The summed E-state index contributed by atoms with van der Waals surface area (Å²) in [6.45, 7) is 2.68. The Hall–Kier alpha value is -2.11. The monoisotopic (exact) mass is 359 g/mol. The Balaban J connectivity index is 1.82. The van der Waals surface area contributed by atoms with Crippen LogP contribution in [0.5, 0.6) is 0 Å². The third-order valence-corrected chi connectivity index (χ3v) is 5.21. The van der Waals surface area contributed by atoms with E-state index in [-0.39, 0.29) is 11.5 Å². The summed E-state index contributed by atoms with van der Waals surface area (Å²) >= 11 is 6.17. The number of nitrogens with zero attached hydrogens (tertiary/aromatic N) is 1. The number of nitrogens with one attached hydrogen (secondary N) is 1. The molecule has 6 heteroatoms. The lowest BCUT2D eigenvalue weighted by Gasteiger charge is -2.29. The fraction of sp³-hybridized carbons (Fsp3) is 0.368. The third kappa shape index (κ3) is 3.94. The lowest BCUT2D eigenvalue weighted by atomic mass is 9.95. The van der Waals surface area contributed by atoms with E-state index in [1.165, 1.54) is 10.6 Å². The van der Waals surface area contributed by atoms with Crippen LogP contribution in [0.3, 0.4) is 0 Å². The topological polar surface area (TPSA) is 77.1 Å². The molecule has 1 aromatic heterocycles. The van der Waals surface area contributed by atoms with Crippen molar-refractivity contribution in [3.8, 4) is 0 Å². The molecular formula is C19H22ClN3O2. The van der Waals surface area contributed by atoms with E-state index in [0.29, 0.717) is 29.6 Å². The van der Waals surface area contributed by atoms with Crippen molar-refractivity contribution in [3.05, 3.63) is 69.1 Å². The fourth-order valence-corrected chi connectivity index (χ4v) is 3.17. The highest BCUT2D eigenvalue weighted by Gasteiger charge is 2.41. The van der Waals surface area contributed by atoms with Crippen molar-refractivity contribution in [1.29, 1.82) is 0 Å². The second kappa shape index (κ2) is 7.02. The highest BCUT2D eigenvalue weighted by molar-refractivity contribution is 6.31. The van der Waals surface area contributed by atoms with Crippen molar-refractivity contribution in [1.82, 2.24) is 9.88 Å². The fourth-order valence-electron chi connectivity index (χ4n) is 2.97. The van der Waals surface area contributed by atoms with Crippen molar-refractivity contribution in [2.24, 2.45) is 11.7 Å². The zero-order valence-electron chi connectivity index (χ0n) is 14.2. The molecule has 3 N–H and O–H groups in total. The predicted molar refractivity (Wildman–Crippen MR) is 98.9 cm³/mol. The van der Waals surface area contributed by atoms with Crippen LogP contribution in [0.2, 0.25) is 5.02 Å². The standard InChI is InChI=1S/C19H22ClN3O2/c1-19(12-21,15-7-8-15)22-18(25)14-6-9-17(24)23(11-14)10-13-4-2-3-5-16(13)20/h2-6,9,11,15H,7-8,10,12,21H2,1H3,(H,22,25). The van der Waals surface area contributed by atoms with Crippen molar-refractivity contribution >= 4 is 17.5 Å². The molecule has 0 radical (unpaired) electrons. The van der Waals surface area contributed by atoms with Gasteiger partial charge in [0.1, 0.15) is 0 Å². The largest absolute Gasteiger partial charge is 0.345 e.